The van der Waals surface area contributed by atoms with E-state index in [4.69, 9.17) is 5.26 Å². The van der Waals surface area contributed by atoms with Gasteiger partial charge in [-0.15, -0.1) is 0 Å². The highest BCUT2D eigenvalue weighted by Crippen LogP contribution is 2.19. The van der Waals surface area contributed by atoms with E-state index in [0.717, 1.165) is 0 Å². The molecule has 0 saturated carbocycles. The van der Waals surface area contributed by atoms with Gasteiger partial charge in [0.15, 0.2) is 0 Å². The predicted octanol–water partition coefficient (Wildman–Crippen LogP) is 2.76. The van der Waals surface area contributed by atoms with Gasteiger partial charge in [0.1, 0.15) is 11.5 Å². The van der Waals surface area contributed by atoms with Crippen LogP contribution in [0.1, 0.15) is 5.56 Å². The van der Waals surface area contributed by atoms with E-state index in [9.17, 15) is 4.39 Å². The van der Waals surface area contributed by atoms with Gasteiger partial charge >= 0.3 is 0 Å². The maximum Gasteiger partial charge on any atom is 0.149 e. The number of pyridine rings is 1. The molecule has 0 radical (unpaired) electrons. The molecule has 0 spiro atoms. The molecule has 2 aromatic rings. The molecule has 72 valence electrons. The van der Waals surface area contributed by atoms with Crippen molar-refractivity contribution in [2.45, 2.75) is 0 Å². The molecule has 0 bridgehead atoms. The summed E-state index contributed by atoms with van der Waals surface area (Å²) in [6.45, 7) is 0. The number of hydrogen-bond donors (Lipinski definition) is 0. The summed E-state index contributed by atoms with van der Waals surface area (Å²) in [5, 5.41) is 8.61. The Labute approximate surface area is 86.6 Å². The molecular weight excluding hydrogens is 191 g/mol. The number of halogens is 1. The van der Waals surface area contributed by atoms with Gasteiger partial charge in [0.05, 0.1) is 11.6 Å². The Hall–Kier alpha value is -2.21. The average molecular weight is 198 g/mol. The Morgan fingerprint density at radius 2 is 1.87 bits per heavy atom. The Balaban J connectivity index is 2.47. The summed E-state index contributed by atoms with van der Waals surface area (Å²) in [6.07, 6.45) is 1.54. The van der Waals surface area contributed by atoms with E-state index in [2.05, 4.69) is 4.98 Å². The number of nitrogens with zero attached hydrogens (tertiary/aromatic N) is 2. The molecule has 15 heavy (non-hydrogen) atoms. The van der Waals surface area contributed by atoms with Crippen LogP contribution in [0.3, 0.4) is 0 Å². The minimum atomic E-state index is -0.359. The Morgan fingerprint density at radius 1 is 1.13 bits per heavy atom. The predicted molar refractivity (Wildman–Crippen MR) is 54.3 cm³/mol. The van der Waals surface area contributed by atoms with E-state index in [1.54, 1.807) is 30.3 Å². The maximum absolute atomic E-state index is 13.3. The van der Waals surface area contributed by atoms with Crippen LogP contribution in [-0.4, -0.2) is 4.98 Å². The first-order valence-electron chi connectivity index (χ1n) is 4.42. The summed E-state index contributed by atoms with van der Waals surface area (Å²) in [5.41, 5.74) is 1.53. The molecule has 0 aliphatic rings. The van der Waals surface area contributed by atoms with E-state index in [-0.39, 0.29) is 5.82 Å². The number of nitriles is 1. The van der Waals surface area contributed by atoms with Crippen molar-refractivity contribution in [3.8, 4) is 17.3 Å². The second-order valence-corrected chi connectivity index (χ2v) is 3.02. The lowest BCUT2D eigenvalue weighted by Crippen LogP contribution is -1.87. The molecule has 0 fully saturated rings. The molecule has 0 unspecified atom stereocenters. The van der Waals surface area contributed by atoms with Gasteiger partial charge in [0.25, 0.3) is 0 Å². The number of hydrogen-bond acceptors (Lipinski definition) is 2. The zero-order valence-corrected chi connectivity index (χ0v) is 7.81. The highest BCUT2D eigenvalue weighted by atomic mass is 19.1. The Kier molecular flexibility index (Phi) is 2.42. The van der Waals surface area contributed by atoms with Gasteiger partial charge in [-0.2, -0.15) is 5.26 Å². The first-order chi connectivity index (χ1) is 7.31. The van der Waals surface area contributed by atoms with E-state index in [1.807, 2.05) is 6.07 Å². The van der Waals surface area contributed by atoms with Crippen molar-refractivity contribution in [3.05, 3.63) is 54.0 Å². The number of aromatic nitrogens is 1. The van der Waals surface area contributed by atoms with Crippen LogP contribution in [0.2, 0.25) is 0 Å². The monoisotopic (exact) mass is 198 g/mol. The van der Waals surface area contributed by atoms with Gasteiger partial charge in [-0.05, 0) is 24.3 Å². The van der Waals surface area contributed by atoms with Gasteiger partial charge in [0, 0.05) is 11.8 Å². The largest absolute Gasteiger partial charge is 0.253 e. The molecule has 1 aromatic heterocycles. The first kappa shape index (κ1) is 9.35. The second kappa shape index (κ2) is 3.89. The fourth-order valence-corrected chi connectivity index (χ4v) is 1.30. The third-order valence-electron chi connectivity index (χ3n) is 2.05. The highest BCUT2D eigenvalue weighted by molar-refractivity contribution is 5.60. The van der Waals surface area contributed by atoms with Crippen molar-refractivity contribution in [3.63, 3.8) is 0 Å². The SMILES string of the molecule is N#Cc1ccc(-c2ncccc2F)cc1. The van der Waals surface area contributed by atoms with Crippen molar-refractivity contribution in [2.24, 2.45) is 0 Å². The van der Waals surface area contributed by atoms with Crippen LogP contribution < -0.4 is 0 Å². The van der Waals surface area contributed by atoms with Crippen LogP contribution >= 0.6 is 0 Å². The average Bonchev–Trinajstić information content (AvgIpc) is 2.30. The topological polar surface area (TPSA) is 36.7 Å². The van der Waals surface area contributed by atoms with Crippen LogP contribution in [0.25, 0.3) is 11.3 Å². The van der Waals surface area contributed by atoms with Crippen molar-refractivity contribution in [1.82, 2.24) is 4.98 Å². The summed E-state index contributed by atoms with van der Waals surface area (Å²) in [6, 6.07) is 11.6. The van der Waals surface area contributed by atoms with Crippen LogP contribution in [0.5, 0.6) is 0 Å². The molecule has 0 aliphatic carbocycles. The quantitative estimate of drug-likeness (QED) is 0.706. The molecule has 2 rings (SSSR count). The van der Waals surface area contributed by atoms with E-state index in [1.165, 1.54) is 12.3 Å². The molecule has 0 aliphatic heterocycles. The molecule has 0 N–H and O–H groups in total. The fraction of sp³-hybridized carbons (Fsp3) is 0. The van der Waals surface area contributed by atoms with E-state index >= 15 is 0 Å². The van der Waals surface area contributed by atoms with Gasteiger partial charge in [-0.3, -0.25) is 4.98 Å². The normalized spacial score (nSPS) is 9.60. The third kappa shape index (κ3) is 1.84. The highest BCUT2D eigenvalue weighted by Gasteiger charge is 2.04. The van der Waals surface area contributed by atoms with Crippen LogP contribution in [0.4, 0.5) is 4.39 Å². The molecule has 0 atom stereocenters. The molecular formula is C12H7FN2. The lowest BCUT2D eigenvalue weighted by Gasteiger charge is -2.01. The molecule has 0 saturated heterocycles. The molecule has 2 nitrogen and oxygen atoms in total. The zero-order valence-electron chi connectivity index (χ0n) is 7.81. The Morgan fingerprint density at radius 3 is 2.47 bits per heavy atom. The van der Waals surface area contributed by atoms with Crippen molar-refractivity contribution in [1.29, 1.82) is 5.26 Å². The standard InChI is InChI=1S/C12H7FN2/c13-11-2-1-7-15-12(11)10-5-3-9(8-14)4-6-10/h1-7H. The van der Waals surface area contributed by atoms with Gasteiger partial charge < -0.3 is 0 Å². The summed E-state index contributed by atoms with van der Waals surface area (Å²) >= 11 is 0. The van der Waals surface area contributed by atoms with Crippen molar-refractivity contribution >= 4 is 0 Å². The minimum absolute atomic E-state index is 0.307. The van der Waals surface area contributed by atoms with E-state index in [0.29, 0.717) is 16.8 Å². The summed E-state index contributed by atoms with van der Waals surface area (Å²) in [4.78, 5) is 3.95. The molecule has 0 amide bonds. The number of rotatable bonds is 1. The molecule has 1 aromatic carbocycles. The van der Waals surface area contributed by atoms with Crippen LogP contribution in [0.15, 0.2) is 42.6 Å². The second-order valence-electron chi connectivity index (χ2n) is 3.02. The summed E-state index contributed by atoms with van der Waals surface area (Å²) < 4.78 is 13.3. The minimum Gasteiger partial charge on any atom is -0.253 e. The smallest absolute Gasteiger partial charge is 0.149 e. The maximum atomic E-state index is 13.3. The van der Waals surface area contributed by atoms with Gasteiger partial charge in [0.2, 0.25) is 0 Å². The van der Waals surface area contributed by atoms with Crippen LogP contribution in [-0.2, 0) is 0 Å². The lowest BCUT2D eigenvalue weighted by molar-refractivity contribution is 0.626. The molecule has 3 heteroatoms. The van der Waals surface area contributed by atoms with Crippen LogP contribution in [0, 0.1) is 17.1 Å². The third-order valence-corrected chi connectivity index (χ3v) is 2.05. The lowest BCUT2D eigenvalue weighted by atomic mass is 10.1. The van der Waals surface area contributed by atoms with E-state index < -0.39 is 0 Å². The fourth-order valence-electron chi connectivity index (χ4n) is 1.30. The summed E-state index contributed by atoms with van der Waals surface area (Å²) in [7, 11) is 0. The number of benzene rings is 1. The van der Waals surface area contributed by atoms with Crippen molar-refractivity contribution in [2.75, 3.05) is 0 Å². The Bertz CT molecular complexity index is 512. The molecule has 1 heterocycles. The van der Waals surface area contributed by atoms with Gasteiger partial charge in [-0.25, -0.2) is 4.39 Å². The zero-order chi connectivity index (χ0) is 10.7. The summed E-state index contributed by atoms with van der Waals surface area (Å²) in [5.74, 6) is -0.359. The van der Waals surface area contributed by atoms with Gasteiger partial charge in [-0.1, -0.05) is 12.1 Å². The van der Waals surface area contributed by atoms with Crippen molar-refractivity contribution < 1.29 is 4.39 Å². The first-order valence-corrected chi connectivity index (χ1v) is 4.42.